The Labute approximate surface area is 120 Å². The van der Waals surface area contributed by atoms with Crippen LogP contribution in [0.25, 0.3) is 0 Å². The molecule has 2 aromatic rings. The number of nitrogens with zero attached hydrogens (tertiary/aromatic N) is 2. The smallest absolute Gasteiger partial charge is 0.0947 e. The van der Waals surface area contributed by atoms with E-state index >= 15 is 0 Å². The highest BCUT2D eigenvalue weighted by atomic mass is 15.3. The normalized spacial score (nSPS) is 19.1. The molecule has 4 heteroatoms. The Hall–Kier alpha value is -1.65. The quantitative estimate of drug-likeness (QED) is 0.662. The van der Waals surface area contributed by atoms with Crippen LogP contribution in [-0.4, -0.2) is 9.55 Å². The topological polar surface area (TPSA) is 55.9 Å². The van der Waals surface area contributed by atoms with E-state index in [0.717, 1.165) is 18.5 Å². The van der Waals surface area contributed by atoms with Crippen molar-refractivity contribution >= 4 is 0 Å². The molecule has 1 saturated carbocycles. The Bertz CT molecular complexity index is 555. The monoisotopic (exact) mass is 270 g/mol. The first-order valence-corrected chi connectivity index (χ1v) is 7.26. The van der Waals surface area contributed by atoms with Crippen molar-refractivity contribution in [3.8, 4) is 0 Å². The maximum absolute atomic E-state index is 5.92. The molecular formula is C16H22N4. The standard InChI is InChI=1S/C16H22N4/c1-20-11-14(18-12-20)15(19-17)16(9-5-6-10-16)13-7-3-2-4-8-13/h2-4,7-8,11-12,15,19H,5-6,9-10,17H2,1H3. The summed E-state index contributed by atoms with van der Waals surface area (Å²) in [6.07, 6.45) is 8.71. The molecule has 3 N–H and O–H groups in total. The zero-order chi connectivity index (χ0) is 14.0. The summed E-state index contributed by atoms with van der Waals surface area (Å²) in [5, 5.41) is 0. The van der Waals surface area contributed by atoms with Gasteiger partial charge in [0.15, 0.2) is 0 Å². The van der Waals surface area contributed by atoms with E-state index in [-0.39, 0.29) is 11.5 Å². The second-order valence-corrected chi connectivity index (χ2v) is 5.79. The van der Waals surface area contributed by atoms with Gasteiger partial charge in [-0.3, -0.25) is 11.3 Å². The van der Waals surface area contributed by atoms with Crippen molar-refractivity contribution in [2.75, 3.05) is 0 Å². The van der Waals surface area contributed by atoms with Crippen molar-refractivity contribution in [1.82, 2.24) is 15.0 Å². The molecule has 1 aliphatic carbocycles. The van der Waals surface area contributed by atoms with Crippen molar-refractivity contribution in [1.29, 1.82) is 0 Å². The number of aryl methyl sites for hydroxylation is 1. The number of rotatable bonds is 4. The molecule has 1 aromatic heterocycles. The lowest BCUT2D eigenvalue weighted by Gasteiger charge is -2.37. The molecule has 0 amide bonds. The summed E-state index contributed by atoms with van der Waals surface area (Å²) in [6.45, 7) is 0. The van der Waals surface area contributed by atoms with Crippen molar-refractivity contribution < 1.29 is 0 Å². The lowest BCUT2D eigenvalue weighted by atomic mass is 9.72. The van der Waals surface area contributed by atoms with Crippen molar-refractivity contribution in [2.24, 2.45) is 12.9 Å². The first kappa shape index (κ1) is 13.3. The second-order valence-electron chi connectivity index (χ2n) is 5.79. The first-order chi connectivity index (χ1) is 9.76. The fourth-order valence-electron chi connectivity index (χ4n) is 3.63. The van der Waals surface area contributed by atoms with Gasteiger partial charge in [0.2, 0.25) is 0 Å². The number of nitrogens with one attached hydrogen (secondary N) is 1. The van der Waals surface area contributed by atoms with Gasteiger partial charge in [-0.25, -0.2) is 4.98 Å². The Balaban J connectivity index is 2.05. The Morgan fingerprint density at radius 1 is 1.25 bits per heavy atom. The number of benzene rings is 1. The van der Waals surface area contributed by atoms with Crippen LogP contribution < -0.4 is 11.3 Å². The highest BCUT2D eigenvalue weighted by Crippen LogP contribution is 2.48. The summed E-state index contributed by atoms with van der Waals surface area (Å²) in [6, 6.07) is 10.8. The average molecular weight is 270 g/mol. The fourth-order valence-corrected chi connectivity index (χ4v) is 3.63. The van der Waals surface area contributed by atoms with E-state index in [0.29, 0.717) is 0 Å². The van der Waals surface area contributed by atoms with Gasteiger partial charge >= 0.3 is 0 Å². The van der Waals surface area contributed by atoms with E-state index in [1.165, 1.54) is 18.4 Å². The molecule has 0 radical (unpaired) electrons. The third kappa shape index (κ3) is 2.15. The number of hydrazine groups is 1. The molecule has 106 valence electrons. The van der Waals surface area contributed by atoms with Crippen LogP contribution in [0.4, 0.5) is 0 Å². The molecule has 1 aliphatic rings. The predicted molar refractivity (Wildman–Crippen MR) is 79.9 cm³/mol. The number of hydrogen-bond acceptors (Lipinski definition) is 3. The molecule has 0 aliphatic heterocycles. The molecule has 0 saturated heterocycles. The number of aromatic nitrogens is 2. The van der Waals surface area contributed by atoms with Crippen molar-refractivity contribution in [3.63, 3.8) is 0 Å². The van der Waals surface area contributed by atoms with Gasteiger partial charge in [0.05, 0.1) is 18.1 Å². The number of imidazole rings is 1. The van der Waals surface area contributed by atoms with Gasteiger partial charge in [-0.1, -0.05) is 43.2 Å². The minimum absolute atomic E-state index is 0.0599. The van der Waals surface area contributed by atoms with Crippen LogP contribution in [0.2, 0.25) is 0 Å². The molecule has 0 bridgehead atoms. The maximum Gasteiger partial charge on any atom is 0.0947 e. The zero-order valence-electron chi connectivity index (χ0n) is 11.9. The van der Waals surface area contributed by atoms with Crippen LogP contribution in [0.1, 0.15) is 43.0 Å². The lowest BCUT2D eigenvalue weighted by molar-refractivity contribution is 0.298. The molecular weight excluding hydrogens is 248 g/mol. The highest BCUT2D eigenvalue weighted by Gasteiger charge is 2.43. The first-order valence-electron chi connectivity index (χ1n) is 7.26. The highest BCUT2D eigenvalue weighted by molar-refractivity contribution is 5.31. The Kier molecular flexibility index (Phi) is 3.59. The summed E-state index contributed by atoms with van der Waals surface area (Å²) in [5.41, 5.74) is 5.49. The van der Waals surface area contributed by atoms with Gasteiger partial charge in [-0.15, -0.1) is 0 Å². The van der Waals surface area contributed by atoms with Crippen LogP contribution in [0.5, 0.6) is 0 Å². The van der Waals surface area contributed by atoms with Crippen LogP contribution in [0.3, 0.4) is 0 Å². The van der Waals surface area contributed by atoms with Gasteiger partial charge in [-0.05, 0) is 18.4 Å². The van der Waals surface area contributed by atoms with E-state index in [9.17, 15) is 0 Å². The summed E-state index contributed by atoms with van der Waals surface area (Å²) < 4.78 is 1.98. The molecule has 1 aromatic carbocycles. The minimum atomic E-state index is 0.0599. The van der Waals surface area contributed by atoms with Gasteiger partial charge in [0.25, 0.3) is 0 Å². The molecule has 0 spiro atoms. The third-order valence-corrected chi connectivity index (χ3v) is 4.58. The summed E-state index contributed by atoms with van der Waals surface area (Å²) in [4.78, 5) is 4.52. The van der Waals surface area contributed by atoms with Gasteiger partial charge in [0.1, 0.15) is 0 Å². The fraction of sp³-hybridized carbons (Fsp3) is 0.438. The Morgan fingerprint density at radius 3 is 2.50 bits per heavy atom. The van der Waals surface area contributed by atoms with Gasteiger partial charge in [-0.2, -0.15) is 0 Å². The molecule has 1 heterocycles. The third-order valence-electron chi connectivity index (χ3n) is 4.58. The second kappa shape index (κ2) is 5.38. The van der Waals surface area contributed by atoms with Crippen molar-refractivity contribution in [3.05, 3.63) is 54.1 Å². The SMILES string of the molecule is Cn1cnc(C(NN)C2(c3ccccc3)CCCC2)c1. The maximum atomic E-state index is 5.92. The molecule has 20 heavy (non-hydrogen) atoms. The average Bonchev–Trinajstić information content (AvgIpc) is 3.12. The van der Waals surface area contributed by atoms with Gasteiger partial charge < -0.3 is 4.57 Å². The molecule has 1 fully saturated rings. The van der Waals surface area contributed by atoms with E-state index in [1.807, 2.05) is 17.9 Å². The molecule has 1 unspecified atom stereocenters. The van der Waals surface area contributed by atoms with E-state index in [4.69, 9.17) is 5.84 Å². The molecule has 3 rings (SSSR count). The van der Waals surface area contributed by atoms with Crippen LogP contribution in [0.15, 0.2) is 42.9 Å². The zero-order valence-corrected chi connectivity index (χ0v) is 11.9. The summed E-state index contributed by atoms with van der Waals surface area (Å²) >= 11 is 0. The number of hydrogen-bond donors (Lipinski definition) is 2. The summed E-state index contributed by atoms with van der Waals surface area (Å²) in [7, 11) is 1.99. The Morgan fingerprint density at radius 2 is 1.95 bits per heavy atom. The van der Waals surface area contributed by atoms with Crippen LogP contribution >= 0.6 is 0 Å². The van der Waals surface area contributed by atoms with Crippen LogP contribution in [0, 0.1) is 0 Å². The van der Waals surface area contributed by atoms with Gasteiger partial charge in [0, 0.05) is 18.7 Å². The molecule has 1 atom stereocenters. The molecule has 4 nitrogen and oxygen atoms in total. The predicted octanol–water partition coefficient (Wildman–Crippen LogP) is 2.44. The van der Waals surface area contributed by atoms with Crippen LogP contribution in [-0.2, 0) is 12.5 Å². The largest absolute Gasteiger partial charge is 0.340 e. The van der Waals surface area contributed by atoms with E-state index < -0.39 is 0 Å². The van der Waals surface area contributed by atoms with E-state index in [2.05, 4.69) is 46.9 Å². The van der Waals surface area contributed by atoms with E-state index in [1.54, 1.807) is 0 Å². The lowest BCUT2D eigenvalue weighted by Crippen LogP contribution is -2.43. The number of nitrogens with two attached hydrogens (primary N) is 1. The minimum Gasteiger partial charge on any atom is -0.340 e. The van der Waals surface area contributed by atoms with Crippen molar-refractivity contribution in [2.45, 2.75) is 37.1 Å². The summed E-state index contributed by atoms with van der Waals surface area (Å²) in [5.74, 6) is 5.92.